The second-order valence-electron chi connectivity index (χ2n) is 11.9. The highest BCUT2D eigenvalue weighted by Gasteiger charge is 2.16. The number of nitrogens with one attached hydrogen (secondary N) is 1. The van der Waals surface area contributed by atoms with Crippen LogP contribution in [0.15, 0.2) is 91.0 Å². The van der Waals surface area contributed by atoms with E-state index in [1.807, 2.05) is 20.8 Å². The molecule has 0 unspecified atom stereocenters. The molecule has 3 N–H and O–H groups in total. The van der Waals surface area contributed by atoms with Crippen LogP contribution in [0.2, 0.25) is 0 Å². The van der Waals surface area contributed by atoms with E-state index in [0.29, 0.717) is 13.1 Å². The Labute approximate surface area is 253 Å². The van der Waals surface area contributed by atoms with E-state index in [0.717, 1.165) is 65.3 Å². The molecule has 3 aromatic carbocycles. The fraction of sp³-hybridized carbons (Fsp3) is 0.457. The number of ether oxygens (including phenoxy) is 1. The van der Waals surface area contributed by atoms with Crippen LogP contribution >= 0.6 is 0 Å². The second kappa shape index (κ2) is 18.3. The Hall–Kier alpha value is -3.23. The van der Waals surface area contributed by atoms with Crippen molar-refractivity contribution in [1.29, 1.82) is 0 Å². The lowest BCUT2D eigenvalue weighted by Gasteiger charge is -2.30. The molecule has 3 rings (SSSR count). The number of nitrogens with zero attached hydrogens (tertiary/aromatic N) is 3. The number of carbonyl (C=O) groups is 1. The van der Waals surface area contributed by atoms with Crippen molar-refractivity contribution < 1.29 is 9.53 Å². The predicted octanol–water partition coefficient (Wildman–Crippen LogP) is 5.37. The van der Waals surface area contributed by atoms with Gasteiger partial charge in [-0.25, -0.2) is 4.79 Å². The van der Waals surface area contributed by atoms with Crippen LogP contribution in [0.5, 0.6) is 0 Å². The molecular formula is C35H51N5O2. The van der Waals surface area contributed by atoms with Crippen LogP contribution in [-0.2, 0) is 24.4 Å². The minimum Gasteiger partial charge on any atom is -0.444 e. The molecule has 0 bridgehead atoms. The zero-order valence-corrected chi connectivity index (χ0v) is 25.9. The van der Waals surface area contributed by atoms with Gasteiger partial charge in [-0.1, -0.05) is 91.0 Å². The lowest BCUT2D eigenvalue weighted by atomic mass is 10.2. The summed E-state index contributed by atoms with van der Waals surface area (Å²) in [7, 11) is 0. The number of alkyl carbamates (subject to hydrolysis) is 1. The normalized spacial score (nSPS) is 11.8. The third-order valence-corrected chi connectivity index (χ3v) is 6.98. The molecule has 0 aliphatic rings. The van der Waals surface area contributed by atoms with Crippen molar-refractivity contribution in [3.8, 4) is 0 Å². The largest absolute Gasteiger partial charge is 0.444 e. The highest BCUT2D eigenvalue weighted by atomic mass is 16.6. The van der Waals surface area contributed by atoms with Crippen molar-refractivity contribution in [2.75, 3.05) is 52.4 Å². The number of amides is 1. The highest BCUT2D eigenvalue weighted by molar-refractivity contribution is 5.67. The average Bonchev–Trinajstić information content (AvgIpc) is 2.97. The zero-order valence-electron chi connectivity index (χ0n) is 25.9. The predicted molar refractivity (Wildman–Crippen MR) is 173 cm³/mol. The molecule has 0 aliphatic heterocycles. The summed E-state index contributed by atoms with van der Waals surface area (Å²) < 4.78 is 5.39. The van der Waals surface area contributed by atoms with E-state index >= 15 is 0 Å². The van der Waals surface area contributed by atoms with E-state index in [4.69, 9.17) is 10.5 Å². The van der Waals surface area contributed by atoms with Gasteiger partial charge in [0, 0.05) is 72.0 Å². The van der Waals surface area contributed by atoms with E-state index in [1.165, 1.54) is 16.7 Å². The summed E-state index contributed by atoms with van der Waals surface area (Å²) in [6, 6.07) is 32.0. The van der Waals surface area contributed by atoms with E-state index in [9.17, 15) is 4.79 Å². The standard InChI is InChI=1S/C35H51N5O2/c1-35(2,3)42-34(41)37-21-13-22-38(28-31-14-7-4-8-15-31)24-26-40(30-33-18-11-6-12-19-33)27-25-39(23-20-36)29-32-16-9-5-10-17-32/h4-12,14-19H,13,20-30,36H2,1-3H3,(H,37,41). The van der Waals surface area contributed by atoms with Gasteiger partial charge in [0.15, 0.2) is 0 Å². The molecule has 0 aromatic heterocycles. The Kier molecular flexibility index (Phi) is 14.5. The molecule has 228 valence electrons. The first-order chi connectivity index (χ1) is 20.3. The summed E-state index contributed by atoms with van der Waals surface area (Å²) in [5, 5.41) is 2.91. The quantitative estimate of drug-likeness (QED) is 0.200. The van der Waals surface area contributed by atoms with Gasteiger partial charge >= 0.3 is 6.09 Å². The Bertz CT molecular complexity index is 1120. The maximum absolute atomic E-state index is 12.1. The van der Waals surface area contributed by atoms with Gasteiger partial charge in [0.2, 0.25) is 0 Å². The summed E-state index contributed by atoms with van der Waals surface area (Å²) in [5.41, 5.74) is 9.43. The number of benzene rings is 3. The second-order valence-corrected chi connectivity index (χ2v) is 11.9. The van der Waals surface area contributed by atoms with Crippen molar-refractivity contribution in [3.63, 3.8) is 0 Å². The molecule has 0 heterocycles. The lowest BCUT2D eigenvalue weighted by Crippen LogP contribution is -2.41. The molecule has 42 heavy (non-hydrogen) atoms. The van der Waals surface area contributed by atoms with Crippen molar-refractivity contribution >= 4 is 6.09 Å². The number of carbonyl (C=O) groups excluding carboxylic acids is 1. The molecule has 0 saturated heterocycles. The number of nitrogens with two attached hydrogens (primary N) is 1. The van der Waals surface area contributed by atoms with Crippen molar-refractivity contribution in [3.05, 3.63) is 108 Å². The van der Waals surface area contributed by atoms with Crippen LogP contribution in [0, 0.1) is 0 Å². The number of hydrogen-bond donors (Lipinski definition) is 2. The van der Waals surface area contributed by atoms with Crippen molar-refractivity contribution in [2.45, 2.75) is 52.4 Å². The SMILES string of the molecule is CC(C)(C)OC(=O)NCCCN(CCN(CCN(CCN)Cc1ccccc1)Cc1ccccc1)Cc1ccccc1. The molecule has 3 aromatic rings. The van der Waals surface area contributed by atoms with Crippen LogP contribution in [-0.4, -0.2) is 78.8 Å². The van der Waals surface area contributed by atoms with Gasteiger partial charge in [-0.2, -0.15) is 0 Å². The van der Waals surface area contributed by atoms with E-state index in [2.05, 4.69) is 111 Å². The Morgan fingerprint density at radius 1 is 0.643 bits per heavy atom. The first-order valence-corrected chi connectivity index (χ1v) is 15.3. The number of hydrogen-bond acceptors (Lipinski definition) is 6. The average molecular weight is 574 g/mol. The molecule has 7 nitrogen and oxygen atoms in total. The summed E-state index contributed by atoms with van der Waals surface area (Å²) in [4.78, 5) is 19.6. The van der Waals surface area contributed by atoms with Gasteiger partial charge in [-0.15, -0.1) is 0 Å². The lowest BCUT2D eigenvalue weighted by molar-refractivity contribution is 0.0525. The van der Waals surface area contributed by atoms with Crippen LogP contribution in [0.25, 0.3) is 0 Å². The molecule has 0 fully saturated rings. The fourth-order valence-corrected chi connectivity index (χ4v) is 4.89. The monoisotopic (exact) mass is 573 g/mol. The van der Waals surface area contributed by atoms with Crippen LogP contribution in [0.1, 0.15) is 43.9 Å². The fourth-order valence-electron chi connectivity index (χ4n) is 4.89. The van der Waals surface area contributed by atoms with E-state index < -0.39 is 5.60 Å². The molecule has 0 aliphatic carbocycles. The van der Waals surface area contributed by atoms with Gasteiger partial charge in [0.1, 0.15) is 5.60 Å². The maximum Gasteiger partial charge on any atom is 0.407 e. The summed E-state index contributed by atoms with van der Waals surface area (Å²) in [6.45, 7) is 15.1. The smallest absolute Gasteiger partial charge is 0.407 e. The van der Waals surface area contributed by atoms with Gasteiger partial charge in [0.25, 0.3) is 0 Å². The molecule has 0 spiro atoms. The Morgan fingerprint density at radius 2 is 1.02 bits per heavy atom. The number of rotatable bonds is 18. The molecule has 1 amide bonds. The van der Waals surface area contributed by atoms with Crippen LogP contribution in [0.4, 0.5) is 4.79 Å². The van der Waals surface area contributed by atoms with Gasteiger partial charge in [0.05, 0.1) is 0 Å². The topological polar surface area (TPSA) is 74.1 Å². The maximum atomic E-state index is 12.1. The zero-order chi connectivity index (χ0) is 30.0. The first-order valence-electron chi connectivity index (χ1n) is 15.3. The van der Waals surface area contributed by atoms with Crippen molar-refractivity contribution in [1.82, 2.24) is 20.0 Å². The van der Waals surface area contributed by atoms with Gasteiger partial charge in [-0.3, -0.25) is 14.7 Å². The van der Waals surface area contributed by atoms with E-state index in [-0.39, 0.29) is 6.09 Å². The summed E-state index contributed by atoms with van der Waals surface area (Å²) in [5.74, 6) is 0. The molecular weight excluding hydrogens is 522 g/mol. The van der Waals surface area contributed by atoms with Gasteiger partial charge < -0.3 is 15.8 Å². The Morgan fingerprint density at radius 3 is 1.40 bits per heavy atom. The first kappa shape index (κ1) is 33.3. The van der Waals surface area contributed by atoms with Crippen LogP contribution < -0.4 is 11.1 Å². The third-order valence-electron chi connectivity index (χ3n) is 6.98. The molecule has 0 radical (unpaired) electrons. The molecule has 0 saturated carbocycles. The van der Waals surface area contributed by atoms with Crippen LogP contribution in [0.3, 0.4) is 0 Å². The Balaban J connectivity index is 1.62. The van der Waals surface area contributed by atoms with E-state index in [1.54, 1.807) is 0 Å². The highest BCUT2D eigenvalue weighted by Crippen LogP contribution is 2.10. The summed E-state index contributed by atoms with van der Waals surface area (Å²) >= 11 is 0. The minimum atomic E-state index is -0.494. The molecule has 7 heteroatoms. The van der Waals surface area contributed by atoms with Crippen molar-refractivity contribution in [2.24, 2.45) is 5.73 Å². The van der Waals surface area contributed by atoms with Gasteiger partial charge in [-0.05, 0) is 43.9 Å². The molecule has 0 atom stereocenters. The summed E-state index contributed by atoms with van der Waals surface area (Å²) in [6.07, 6.45) is 0.496. The third kappa shape index (κ3) is 14.1. The minimum absolute atomic E-state index is 0.358.